The van der Waals surface area contributed by atoms with Crippen LogP contribution in [0.1, 0.15) is 17.9 Å². The molecule has 2 amide bonds. The number of hydrogen-bond acceptors (Lipinski definition) is 4. The third kappa shape index (κ3) is 3.13. The predicted molar refractivity (Wildman–Crippen MR) is 74.2 cm³/mol. The summed E-state index contributed by atoms with van der Waals surface area (Å²) in [4.78, 5) is 35.9. The van der Waals surface area contributed by atoms with Gasteiger partial charge in [0.25, 0.3) is 0 Å². The molecule has 0 aromatic heterocycles. The summed E-state index contributed by atoms with van der Waals surface area (Å²) < 4.78 is 4.46. The standard InChI is InChI=1S/C14H16N2O5/c1-21-12(17)8-15-14(20)16-7-6-10(13(18)19)9-4-2-3-5-11(9)16/h2-5,10H,6-8H2,1H3,(H,15,20)(H,18,19). The van der Waals surface area contributed by atoms with Crippen LogP contribution in [0.5, 0.6) is 0 Å². The van der Waals surface area contributed by atoms with E-state index >= 15 is 0 Å². The molecule has 0 saturated carbocycles. The highest BCUT2D eigenvalue weighted by Gasteiger charge is 2.32. The molecule has 1 aromatic carbocycles. The number of carbonyl (C=O) groups excluding carboxylic acids is 2. The first-order valence-electron chi connectivity index (χ1n) is 6.48. The maximum absolute atomic E-state index is 12.1. The molecule has 21 heavy (non-hydrogen) atoms. The average Bonchev–Trinajstić information content (AvgIpc) is 2.50. The molecule has 2 N–H and O–H groups in total. The third-order valence-corrected chi connectivity index (χ3v) is 3.40. The quantitative estimate of drug-likeness (QED) is 0.809. The Labute approximate surface area is 121 Å². The highest BCUT2D eigenvalue weighted by atomic mass is 16.5. The first-order chi connectivity index (χ1) is 10.0. The number of hydrogen-bond donors (Lipinski definition) is 2. The van der Waals surface area contributed by atoms with Gasteiger partial charge in [0.05, 0.1) is 13.0 Å². The first-order valence-corrected chi connectivity index (χ1v) is 6.48. The molecule has 1 aliphatic rings. The molecule has 0 fully saturated rings. The summed E-state index contributed by atoms with van der Waals surface area (Å²) >= 11 is 0. The maximum atomic E-state index is 12.1. The molecule has 1 aromatic rings. The number of nitrogens with one attached hydrogen (secondary N) is 1. The van der Waals surface area contributed by atoms with E-state index in [2.05, 4.69) is 10.1 Å². The lowest BCUT2D eigenvalue weighted by Crippen LogP contribution is -2.45. The van der Waals surface area contributed by atoms with Crippen LogP contribution in [0.25, 0.3) is 0 Å². The van der Waals surface area contributed by atoms with Crippen molar-refractivity contribution in [2.75, 3.05) is 25.1 Å². The molecule has 1 aliphatic heterocycles. The topological polar surface area (TPSA) is 95.9 Å². The van der Waals surface area contributed by atoms with E-state index in [-0.39, 0.29) is 13.1 Å². The van der Waals surface area contributed by atoms with Gasteiger partial charge in [-0.2, -0.15) is 0 Å². The van der Waals surface area contributed by atoms with Gasteiger partial charge in [0.15, 0.2) is 0 Å². The highest BCUT2D eigenvalue weighted by Crippen LogP contribution is 2.35. The van der Waals surface area contributed by atoms with Crippen LogP contribution < -0.4 is 10.2 Å². The number of benzene rings is 1. The monoisotopic (exact) mass is 292 g/mol. The number of amides is 2. The van der Waals surface area contributed by atoms with Crippen LogP contribution in [0, 0.1) is 0 Å². The number of para-hydroxylation sites is 1. The van der Waals surface area contributed by atoms with Crippen LogP contribution in [-0.4, -0.2) is 43.3 Å². The van der Waals surface area contributed by atoms with Gasteiger partial charge in [-0.3, -0.25) is 14.5 Å². The minimum atomic E-state index is -0.905. The number of carboxylic acids is 1. The van der Waals surface area contributed by atoms with Crippen LogP contribution >= 0.6 is 0 Å². The summed E-state index contributed by atoms with van der Waals surface area (Å²) in [7, 11) is 1.24. The zero-order valence-corrected chi connectivity index (χ0v) is 11.5. The largest absolute Gasteiger partial charge is 0.481 e. The van der Waals surface area contributed by atoms with Gasteiger partial charge in [-0.25, -0.2) is 4.79 Å². The Morgan fingerprint density at radius 1 is 1.38 bits per heavy atom. The van der Waals surface area contributed by atoms with Crippen LogP contribution in [0.3, 0.4) is 0 Å². The van der Waals surface area contributed by atoms with Crippen LogP contribution in [0.2, 0.25) is 0 Å². The van der Waals surface area contributed by atoms with Crippen LogP contribution in [0.4, 0.5) is 10.5 Å². The van der Waals surface area contributed by atoms with Crippen molar-refractivity contribution in [1.29, 1.82) is 0 Å². The van der Waals surface area contributed by atoms with Crippen LogP contribution in [0.15, 0.2) is 24.3 Å². The van der Waals surface area contributed by atoms with E-state index in [1.165, 1.54) is 12.0 Å². The maximum Gasteiger partial charge on any atom is 0.325 e. The molecular weight excluding hydrogens is 276 g/mol. The van der Waals surface area contributed by atoms with E-state index < -0.39 is 23.9 Å². The molecule has 1 heterocycles. The van der Waals surface area contributed by atoms with Gasteiger partial charge < -0.3 is 15.2 Å². The minimum absolute atomic E-state index is 0.226. The van der Waals surface area contributed by atoms with Crippen molar-refractivity contribution >= 4 is 23.7 Å². The van der Waals surface area contributed by atoms with Gasteiger partial charge in [-0.1, -0.05) is 18.2 Å². The minimum Gasteiger partial charge on any atom is -0.481 e. The SMILES string of the molecule is COC(=O)CNC(=O)N1CCC(C(=O)O)c2ccccc21. The zero-order valence-electron chi connectivity index (χ0n) is 11.5. The normalized spacial score (nSPS) is 16.8. The number of esters is 1. The van der Waals surface area contributed by atoms with E-state index in [0.717, 1.165) is 0 Å². The van der Waals surface area contributed by atoms with Crippen molar-refractivity contribution in [3.05, 3.63) is 29.8 Å². The lowest BCUT2D eigenvalue weighted by Gasteiger charge is -2.32. The van der Waals surface area contributed by atoms with E-state index in [0.29, 0.717) is 17.7 Å². The predicted octanol–water partition coefficient (Wildman–Crippen LogP) is 0.948. The summed E-state index contributed by atoms with van der Waals surface area (Å²) in [6.45, 7) is 0.0529. The Hall–Kier alpha value is -2.57. The average molecular weight is 292 g/mol. The number of methoxy groups -OCH3 is 1. The van der Waals surface area contributed by atoms with Crippen molar-refractivity contribution in [3.8, 4) is 0 Å². The summed E-state index contributed by atoms with van der Waals surface area (Å²) in [6, 6.07) is 6.43. The van der Waals surface area contributed by atoms with Gasteiger partial charge in [-0.05, 0) is 18.1 Å². The lowest BCUT2D eigenvalue weighted by atomic mass is 9.90. The second-order valence-electron chi connectivity index (χ2n) is 4.62. The Morgan fingerprint density at radius 2 is 2.10 bits per heavy atom. The Balaban J connectivity index is 2.19. The zero-order chi connectivity index (χ0) is 15.4. The fourth-order valence-corrected chi connectivity index (χ4v) is 2.34. The van der Waals surface area contributed by atoms with Gasteiger partial charge in [0.2, 0.25) is 0 Å². The molecule has 2 rings (SSSR count). The number of fused-ring (bicyclic) bond motifs is 1. The number of urea groups is 1. The number of aliphatic carboxylic acids is 1. The molecule has 7 heteroatoms. The fourth-order valence-electron chi connectivity index (χ4n) is 2.34. The van der Waals surface area contributed by atoms with E-state index in [1.807, 2.05) is 0 Å². The summed E-state index contributed by atoms with van der Waals surface area (Å²) in [5, 5.41) is 11.7. The molecule has 0 saturated heterocycles. The van der Waals surface area contributed by atoms with Crippen molar-refractivity contribution in [1.82, 2.24) is 5.32 Å². The van der Waals surface area contributed by atoms with Crippen LogP contribution in [-0.2, 0) is 14.3 Å². The molecule has 0 aliphatic carbocycles. The number of anilines is 1. The van der Waals surface area contributed by atoms with E-state index in [9.17, 15) is 19.5 Å². The molecule has 1 atom stereocenters. The van der Waals surface area contributed by atoms with Crippen molar-refractivity contribution < 1.29 is 24.2 Å². The van der Waals surface area contributed by atoms with Gasteiger partial charge >= 0.3 is 18.0 Å². The number of carboxylic acid groups (broad SMARTS) is 1. The first kappa shape index (κ1) is 14.8. The summed E-state index contributed by atoms with van der Waals surface area (Å²) in [6.07, 6.45) is 0.331. The molecule has 0 bridgehead atoms. The number of nitrogens with zero attached hydrogens (tertiary/aromatic N) is 1. The Bertz CT molecular complexity index is 572. The smallest absolute Gasteiger partial charge is 0.325 e. The molecule has 0 radical (unpaired) electrons. The number of ether oxygens (including phenoxy) is 1. The highest BCUT2D eigenvalue weighted by molar-refractivity contribution is 5.96. The number of rotatable bonds is 3. The molecule has 7 nitrogen and oxygen atoms in total. The summed E-state index contributed by atoms with van der Waals surface area (Å²) in [5.74, 6) is -2.07. The Kier molecular flexibility index (Phi) is 4.42. The molecule has 112 valence electrons. The lowest BCUT2D eigenvalue weighted by molar-refractivity contribution is -0.140. The molecule has 0 spiro atoms. The second kappa shape index (κ2) is 6.25. The van der Waals surface area contributed by atoms with Crippen molar-refractivity contribution in [3.63, 3.8) is 0 Å². The van der Waals surface area contributed by atoms with E-state index in [1.54, 1.807) is 24.3 Å². The number of carbonyl (C=O) groups is 3. The summed E-state index contributed by atoms with van der Waals surface area (Å²) in [5.41, 5.74) is 1.16. The fraction of sp³-hybridized carbons (Fsp3) is 0.357. The van der Waals surface area contributed by atoms with Crippen molar-refractivity contribution in [2.45, 2.75) is 12.3 Å². The second-order valence-corrected chi connectivity index (χ2v) is 4.62. The third-order valence-electron chi connectivity index (χ3n) is 3.40. The van der Waals surface area contributed by atoms with Gasteiger partial charge in [-0.15, -0.1) is 0 Å². The van der Waals surface area contributed by atoms with E-state index in [4.69, 9.17) is 0 Å². The van der Waals surface area contributed by atoms with Crippen molar-refractivity contribution in [2.24, 2.45) is 0 Å². The molecule has 1 unspecified atom stereocenters. The van der Waals surface area contributed by atoms with Gasteiger partial charge in [0, 0.05) is 12.2 Å². The van der Waals surface area contributed by atoms with Gasteiger partial charge in [0.1, 0.15) is 6.54 Å². The molecular formula is C14H16N2O5. The Morgan fingerprint density at radius 3 is 2.76 bits per heavy atom.